The van der Waals surface area contributed by atoms with E-state index in [0.29, 0.717) is 18.0 Å². The highest BCUT2D eigenvalue weighted by Gasteiger charge is 2.14. The van der Waals surface area contributed by atoms with Crippen LogP contribution in [0.25, 0.3) is 11.1 Å². The van der Waals surface area contributed by atoms with Gasteiger partial charge in [0.1, 0.15) is 5.75 Å². The van der Waals surface area contributed by atoms with Crippen LogP contribution in [0.4, 0.5) is 0 Å². The van der Waals surface area contributed by atoms with Crippen molar-refractivity contribution in [2.75, 3.05) is 13.2 Å². The van der Waals surface area contributed by atoms with Crippen LogP contribution < -0.4 is 10.1 Å². The number of benzene rings is 1. The molecule has 138 valence electrons. The van der Waals surface area contributed by atoms with Gasteiger partial charge < -0.3 is 14.6 Å². The Kier molecular flexibility index (Phi) is 4.87. The van der Waals surface area contributed by atoms with Crippen LogP contribution in [-0.4, -0.2) is 33.6 Å². The number of amides is 1. The predicted octanol–water partition coefficient (Wildman–Crippen LogP) is 2.95. The summed E-state index contributed by atoms with van der Waals surface area (Å²) in [5, 5.41) is 3.00. The summed E-state index contributed by atoms with van der Waals surface area (Å²) in [7, 11) is 0. The van der Waals surface area contributed by atoms with E-state index < -0.39 is 0 Å². The van der Waals surface area contributed by atoms with E-state index in [2.05, 4.69) is 28.3 Å². The van der Waals surface area contributed by atoms with Crippen LogP contribution >= 0.6 is 0 Å². The lowest BCUT2D eigenvalue weighted by Gasteiger charge is -2.13. The van der Waals surface area contributed by atoms with Crippen LogP contribution in [0.3, 0.4) is 0 Å². The third-order valence-electron chi connectivity index (χ3n) is 4.72. The summed E-state index contributed by atoms with van der Waals surface area (Å²) in [6.07, 6.45) is 9.78. The van der Waals surface area contributed by atoms with Crippen molar-refractivity contribution in [2.24, 2.45) is 5.92 Å². The first kappa shape index (κ1) is 17.3. The highest BCUT2D eigenvalue weighted by atomic mass is 16.5. The van der Waals surface area contributed by atoms with E-state index in [4.69, 9.17) is 4.74 Å². The smallest absolute Gasteiger partial charge is 0.252 e. The monoisotopic (exact) mass is 362 g/mol. The molecule has 1 atom stereocenters. The molecule has 0 radical (unpaired) electrons. The fraction of sp³-hybridized carbons (Fsp3) is 0.286. The third-order valence-corrected chi connectivity index (χ3v) is 4.72. The molecule has 1 N–H and O–H groups in total. The second-order valence-electron chi connectivity index (χ2n) is 6.96. The maximum absolute atomic E-state index is 12.5. The molecule has 1 aliphatic rings. The first-order valence-electron chi connectivity index (χ1n) is 9.14. The van der Waals surface area contributed by atoms with Gasteiger partial charge in [0, 0.05) is 49.9 Å². The van der Waals surface area contributed by atoms with Crippen molar-refractivity contribution in [3.8, 4) is 16.9 Å². The Bertz CT molecular complexity index is 937. The Labute approximate surface area is 158 Å². The Morgan fingerprint density at radius 2 is 2.19 bits per heavy atom. The summed E-state index contributed by atoms with van der Waals surface area (Å²) in [5.41, 5.74) is 3.76. The van der Waals surface area contributed by atoms with Crippen molar-refractivity contribution in [1.29, 1.82) is 0 Å². The summed E-state index contributed by atoms with van der Waals surface area (Å²) in [5.74, 6) is 1.15. The van der Waals surface area contributed by atoms with Crippen LogP contribution in [0.1, 0.15) is 22.8 Å². The number of pyridine rings is 1. The number of hydrogen-bond donors (Lipinski definition) is 1. The number of fused-ring (bicyclic) bond motifs is 1. The normalized spacial score (nSPS) is 13.7. The molecular formula is C21H22N4O2. The Balaban J connectivity index is 1.41. The van der Waals surface area contributed by atoms with E-state index in [1.807, 2.05) is 29.0 Å². The highest BCUT2D eigenvalue weighted by molar-refractivity contribution is 5.95. The van der Waals surface area contributed by atoms with Crippen LogP contribution in [0.5, 0.6) is 5.75 Å². The molecular weight excluding hydrogens is 340 g/mol. The minimum absolute atomic E-state index is 0.105. The quantitative estimate of drug-likeness (QED) is 0.732. The number of nitrogens with one attached hydrogen (secondary N) is 1. The molecule has 2 aromatic heterocycles. The van der Waals surface area contributed by atoms with Gasteiger partial charge in [-0.15, -0.1) is 0 Å². The zero-order valence-corrected chi connectivity index (χ0v) is 15.3. The number of ether oxygens (including phenoxy) is 1. The van der Waals surface area contributed by atoms with Crippen LogP contribution in [0, 0.1) is 5.92 Å². The molecule has 1 aromatic carbocycles. The molecule has 0 fully saturated rings. The SMILES string of the molecule is CC(CNC(=O)c1cncc(-c2ccc3c(c2)CCO3)c1)Cn1ccnc1. The van der Waals surface area contributed by atoms with Gasteiger partial charge in [-0.3, -0.25) is 9.78 Å². The van der Waals surface area contributed by atoms with Crippen molar-refractivity contribution in [3.05, 3.63) is 66.5 Å². The van der Waals surface area contributed by atoms with Gasteiger partial charge in [-0.2, -0.15) is 0 Å². The topological polar surface area (TPSA) is 69.0 Å². The molecule has 1 amide bonds. The average Bonchev–Trinajstić information content (AvgIpc) is 3.37. The van der Waals surface area contributed by atoms with Gasteiger partial charge >= 0.3 is 0 Å². The number of hydrogen-bond acceptors (Lipinski definition) is 4. The largest absolute Gasteiger partial charge is 0.493 e. The van der Waals surface area contributed by atoms with Gasteiger partial charge in [0.05, 0.1) is 18.5 Å². The molecule has 0 aliphatic carbocycles. The van der Waals surface area contributed by atoms with Crippen molar-refractivity contribution >= 4 is 5.91 Å². The summed E-state index contributed by atoms with van der Waals surface area (Å²) in [6.45, 7) is 4.24. The Hall–Kier alpha value is -3.15. The standard InChI is InChI=1S/C21H22N4O2/c1-15(13-25-6-5-22-14-25)10-24-21(26)19-9-18(11-23-12-19)16-2-3-20-17(8-16)4-7-27-20/h2-3,5-6,8-9,11-12,14-15H,4,7,10,13H2,1H3,(H,24,26). The van der Waals surface area contributed by atoms with E-state index in [1.165, 1.54) is 5.56 Å². The first-order chi connectivity index (χ1) is 13.2. The second-order valence-corrected chi connectivity index (χ2v) is 6.96. The van der Waals surface area contributed by atoms with Gasteiger partial charge in [0.25, 0.3) is 5.91 Å². The van der Waals surface area contributed by atoms with Gasteiger partial charge in [-0.1, -0.05) is 13.0 Å². The fourth-order valence-electron chi connectivity index (χ4n) is 3.28. The number of carbonyl (C=O) groups is 1. The number of imidazole rings is 1. The van der Waals surface area contributed by atoms with Crippen molar-refractivity contribution in [3.63, 3.8) is 0 Å². The third kappa shape index (κ3) is 4.00. The number of carbonyl (C=O) groups excluding carboxylic acids is 1. The lowest BCUT2D eigenvalue weighted by atomic mass is 10.0. The van der Waals surface area contributed by atoms with Crippen LogP contribution in [0.2, 0.25) is 0 Å². The highest BCUT2D eigenvalue weighted by Crippen LogP contribution is 2.30. The maximum atomic E-state index is 12.5. The molecule has 0 bridgehead atoms. The summed E-state index contributed by atoms with van der Waals surface area (Å²) in [4.78, 5) is 20.8. The molecule has 6 nitrogen and oxygen atoms in total. The zero-order valence-electron chi connectivity index (χ0n) is 15.3. The minimum Gasteiger partial charge on any atom is -0.493 e. The van der Waals surface area contributed by atoms with E-state index in [9.17, 15) is 4.79 Å². The fourth-order valence-corrected chi connectivity index (χ4v) is 3.28. The summed E-state index contributed by atoms with van der Waals surface area (Å²) in [6, 6.07) is 8.01. The van der Waals surface area contributed by atoms with Crippen molar-refractivity contribution in [1.82, 2.24) is 19.9 Å². The molecule has 3 aromatic rings. The Morgan fingerprint density at radius 1 is 1.26 bits per heavy atom. The average molecular weight is 362 g/mol. The number of nitrogens with zero attached hydrogens (tertiary/aromatic N) is 3. The molecule has 0 spiro atoms. The molecule has 27 heavy (non-hydrogen) atoms. The van der Waals surface area contributed by atoms with E-state index in [1.54, 1.807) is 24.9 Å². The summed E-state index contributed by atoms with van der Waals surface area (Å²) >= 11 is 0. The van der Waals surface area contributed by atoms with E-state index >= 15 is 0 Å². The zero-order chi connectivity index (χ0) is 18.6. The predicted molar refractivity (Wildman–Crippen MR) is 103 cm³/mol. The van der Waals surface area contributed by atoms with Gasteiger partial charge in [0.15, 0.2) is 0 Å². The van der Waals surface area contributed by atoms with Crippen LogP contribution in [-0.2, 0) is 13.0 Å². The molecule has 0 saturated heterocycles. The van der Waals surface area contributed by atoms with Crippen LogP contribution in [0.15, 0.2) is 55.4 Å². The Morgan fingerprint density at radius 3 is 3.04 bits per heavy atom. The lowest BCUT2D eigenvalue weighted by Crippen LogP contribution is -2.30. The van der Waals surface area contributed by atoms with Gasteiger partial charge in [-0.25, -0.2) is 4.98 Å². The minimum atomic E-state index is -0.105. The summed E-state index contributed by atoms with van der Waals surface area (Å²) < 4.78 is 7.57. The van der Waals surface area contributed by atoms with Gasteiger partial charge in [0.2, 0.25) is 0 Å². The number of aromatic nitrogens is 3. The lowest BCUT2D eigenvalue weighted by molar-refractivity contribution is 0.0946. The second kappa shape index (κ2) is 7.61. The van der Waals surface area contributed by atoms with Crippen molar-refractivity contribution < 1.29 is 9.53 Å². The maximum Gasteiger partial charge on any atom is 0.252 e. The molecule has 1 aliphatic heterocycles. The van der Waals surface area contributed by atoms with E-state index in [0.717, 1.165) is 36.4 Å². The first-order valence-corrected chi connectivity index (χ1v) is 9.14. The van der Waals surface area contributed by atoms with Gasteiger partial charge in [-0.05, 0) is 35.2 Å². The van der Waals surface area contributed by atoms with E-state index in [-0.39, 0.29) is 5.91 Å². The number of rotatable bonds is 6. The molecule has 4 rings (SSSR count). The molecule has 3 heterocycles. The molecule has 0 saturated carbocycles. The molecule has 6 heteroatoms. The van der Waals surface area contributed by atoms with Crippen molar-refractivity contribution in [2.45, 2.75) is 19.9 Å². The molecule has 1 unspecified atom stereocenters.